The minimum Gasteiger partial charge on any atom is -0.493 e. The largest absolute Gasteiger partial charge is 0.493 e. The molecule has 1 unspecified atom stereocenters. The molecule has 5 rings (SSSR count). The van der Waals surface area contributed by atoms with Crippen LogP contribution in [0.3, 0.4) is 0 Å². The lowest BCUT2D eigenvalue weighted by Crippen LogP contribution is -2.25. The molecular formula is C22H24N8O2. The molecule has 3 heterocycles. The number of fused-ring (bicyclic) bond motifs is 1. The lowest BCUT2D eigenvalue weighted by atomic mass is 10.1. The van der Waals surface area contributed by atoms with Crippen LogP contribution in [0.4, 0.5) is 5.95 Å². The number of nitrogens with one attached hydrogen (secondary N) is 3. The molecule has 4 aromatic rings. The molecule has 10 nitrogen and oxygen atoms in total. The van der Waals surface area contributed by atoms with Gasteiger partial charge in [0, 0.05) is 5.22 Å². The molecule has 164 valence electrons. The lowest BCUT2D eigenvalue weighted by Gasteiger charge is -2.14. The summed E-state index contributed by atoms with van der Waals surface area (Å²) in [6, 6.07) is 8.69. The Morgan fingerprint density at radius 2 is 2.06 bits per heavy atom. The number of H-pyrrole nitrogens is 2. The summed E-state index contributed by atoms with van der Waals surface area (Å²) in [5.41, 5.74) is 3.17. The van der Waals surface area contributed by atoms with Gasteiger partial charge in [-0.25, -0.2) is 9.79 Å². The third-order valence-corrected chi connectivity index (χ3v) is 5.49. The summed E-state index contributed by atoms with van der Waals surface area (Å²) in [6.45, 7) is 4.19. The molecule has 32 heavy (non-hydrogen) atoms. The van der Waals surface area contributed by atoms with Gasteiger partial charge < -0.3 is 15.4 Å². The number of hydrogen-bond donors (Lipinski definition) is 4. The van der Waals surface area contributed by atoms with Crippen molar-refractivity contribution in [3.8, 4) is 5.88 Å². The Balaban J connectivity index is 1.58. The number of aromatic nitrogens is 6. The van der Waals surface area contributed by atoms with Gasteiger partial charge in [0.05, 0.1) is 18.3 Å². The van der Waals surface area contributed by atoms with Gasteiger partial charge in [0.25, 0.3) is 5.62 Å². The first kappa shape index (κ1) is 20.0. The molecule has 10 heteroatoms. The number of hydrogen-bond acceptors (Lipinski definition) is 7. The predicted octanol–water partition coefficient (Wildman–Crippen LogP) is 1.19. The second kappa shape index (κ2) is 7.95. The summed E-state index contributed by atoms with van der Waals surface area (Å²) in [7, 11) is 0. The predicted molar refractivity (Wildman–Crippen MR) is 119 cm³/mol. The van der Waals surface area contributed by atoms with Crippen LogP contribution in [-0.2, 0) is 6.42 Å². The zero-order chi connectivity index (χ0) is 22.2. The summed E-state index contributed by atoms with van der Waals surface area (Å²) in [5, 5.41) is 18.3. The summed E-state index contributed by atoms with van der Waals surface area (Å²) in [4.78, 5) is 30.3. The van der Waals surface area contributed by atoms with E-state index in [0.717, 1.165) is 24.8 Å². The fraction of sp³-hybridized carbons (Fsp3) is 0.318. The van der Waals surface area contributed by atoms with E-state index in [1.54, 1.807) is 16.8 Å². The van der Waals surface area contributed by atoms with Gasteiger partial charge in [0.15, 0.2) is 5.65 Å². The topological polar surface area (TPSA) is 136 Å². The first-order chi connectivity index (χ1) is 15.5. The van der Waals surface area contributed by atoms with E-state index in [-0.39, 0.29) is 23.7 Å². The summed E-state index contributed by atoms with van der Waals surface area (Å²) in [6.07, 6.45) is 6.29. The van der Waals surface area contributed by atoms with Crippen molar-refractivity contribution in [3.05, 3.63) is 68.6 Å². The van der Waals surface area contributed by atoms with Crippen molar-refractivity contribution in [2.75, 3.05) is 5.32 Å². The van der Waals surface area contributed by atoms with Crippen LogP contribution in [0.15, 0.2) is 40.2 Å². The Bertz CT molecular complexity index is 1440. The molecular weight excluding hydrogens is 408 g/mol. The van der Waals surface area contributed by atoms with Crippen molar-refractivity contribution >= 4 is 17.7 Å². The van der Waals surface area contributed by atoms with Gasteiger partial charge in [-0.05, 0) is 43.4 Å². The molecule has 1 aliphatic rings. The van der Waals surface area contributed by atoms with Gasteiger partial charge in [0.2, 0.25) is 11.8 Å². The van der Waals surface area contributed by atoms with Crippen molar-refractivity contribution in [1.29, 1.82) is 0 Å². The monoisotopic (exact) mass is 432 g/mol. The third-order valence-electron chi connectivity index (χ3n) is 5.49. The van der Waals surface area contributed by atoms with Crippen LogP contribution in [-0.4, -0.2) is 40.7 Å². The Kier molecular flexibility index (Phi) is 4.96. The maximum atomic E-state index is 11.5. The normalized spacial score (nSPS) is 16.1. The number of aromatic hydroxyl groups is 1. The number of aryl methyl sites for hydroxylation is 1. The van der Waals surface area contributed by atoms with Gasteiger partial charge >= 0.3 is 5.69 Å². The van der Waals surface area contributed by atoms with Gasteiger partial charge in [-0.2, -0.15) is 19.6 Å². The van der Waals surface area contributed by atoms with Crippen LogP contribution in [0.5, 0.6) is 5.88 Å². The average molecular weight is 432 g/mol. The van der Waals surface area contributed by atoms with Gasteiger partial charge in [-0.3, -0.25) is 4.98 Å². The molecule has 1 aromatic carbocycles. The molecule has 0 aliphatic heterocycles. The van der Waals surface area contributed by atoms with Crippen molar-refractivity contribution in [1.82, 2.24) is 29.5 Å². The summed E-state index contributed by atoms with van der Waals surface area (Å²) in [5.74, 6) is 0.194. The maximum Gasteiger partial charge on any atom is 0.326 e. The van der Waals surface area contributed by atoms with E-state index in [1.807, 2.05) is 0 Å². The highest BCUT2D eigenvalue weighted by Gasteiger charge is 2.21. The fourth-order valence-electron chi connectivity index (χ4n) is 3.46. The molecule has 1 saturated carbocycles. The SMILES string of the molecule is CCc1ccc(C(C)Nc2nc(=NC3CC3)n3ncc(=Cc4[nH]c(=O)[nH]c4O)c3n2)cc1. The van der Waals surface area contributed by atoms with E-state index in [4.69, 9.17) is 0 Å². The molecule has 0 spiro atoms. The zero-order valence-electron chi connectivity index (χ0n) is 17.8. The molecule has 1 fully saturated rings. The minimum absolute atomic E-state index is 0.0162. The van der Waals surface area contributed by atoms with E-state index in [9.17, 15) is 9.90 Å². The number of anilines is 1. The van der Waals surface area contributed by atoms with Crippen molar-refractivity contribution < 1.29 is 5.11 Å². The van der Waals surface area contributed by atoms with E-state index in [2.05, 4.69) is 73.5 Å². The second-order valence-electron chi connectivity index (χ2n) is 7.99. The average Bonchev–Trinajstić information content (AvgIpc) is 3.42. The first-order valence-corrected chi connectivity index (χ1v) is 10.7. The molecule has 0 radical (unpaired) electrons. The van der Waals surface area contributed by atoms with Crippen LogP contribution in [0.2, 0.25) is 0 Å². The van der Waals surface area contributed by atoms with Crippen molar-refractivity contribution in [3.63, 3.8) is 0 Å². The van der Waals surface area contributed by atoms with E-state index < -0.39 is 5.69 Å². The number of nitrogens with zero attached hydrogens (tertiary/aromatic N) is 5. The molecule has 3 aromatic heterocycles. The Morgan fingerprint density at radius 3 is 2.72 bits per heavy atom. The molecule has 0 saturated heterocycles. The van der Waals surface area contributed by atoms with Gasteiger partial charge in [0.1, 0.15) is 5.69 Å². The quantitative estimate of drug-likeness (QED) is 0.361. The Hall–Kier alpha value is -3.95. The van der Waals surface area contributed by atoms with E-state index >= 15 is 0 Å². The minimum atomic E-state index is -0.491. The van der Waals surface area contributed by atoms with Crippen molar-refractivity contribution in [2.45, 2.75) is 45.2 Å². The number of rotatable bonds is 6. The molecule has 1 atom stereocenters. The molecule has 0 amide bonds. The second-order valence-corrected chi connectivity index (χ2v) is 7.99. The number of aromatic amines is 2. The van der Waals surface area contributed by atoms with E-state index in [0.29, 0.717) is 22.4 Å². The Labute approximate surface area is 182 Å². The van der Waals surface area contributed by atoms with Crippen LogP contribution < -0.4 is 21.8 Å². The van der Waals surface area contributed by atoms with Gasteiger partial charge in [-0.15, -0.1) is 0 Å². The third kappa shape index (κ3) is 3.98. The summed E-state index contributed by atoms with van der Waals surface area (Å²) >= 11 is 0. The highest BCUT2D eigenvalue weighted by atomic mass is 16.3. The zero-order valence-corrected chi connectivity index (χ0v) is 17.8. The molecule has 1 aliphatic carbocycles. The van der Waals surface area contributed by atoms with Gasteiger partial charge in [-0.1, -0.05) is 31.2 Å². The maximum absolute atomic E-state index is 11.5. The smallest absolute Gasteiger partial charge is 0.326 e. The first-order valence-electron chi connectivity index (χ1n) is 10.7. The van der Waals surface area contributed by atoms with Crippen LogP contribution in [0.25, 0.3) is 11.7 Å². The van der Waals surface area contributed by atoms with E-state index in [1.165, 1.54) is 5.56 Å². The highest BCUT2D eigenvalue weighted by molar-refractivity contribution is 5.57. The molecule has 0 bridgehead atoms. The molecule has 4 N–H and O–H groups in total. The summed E-state index contributed by atoms with van der Waals surface area (Å²) < 4.78 is 1.58. The van der Waals surface area contributed by atoms with Crippen LogP contribution in [0, 0.1) is 0 Å². The number of benzene rings is 1. The van der Waals surface area contributed by atoms with Crippen molar-refractivity contribution in [2.24, 2.45) is 4.99 Å². The Morgan fingerprint density at radius 1 is 1.28 bits per heavy atom. The highest BCUT2D eigenvalue weighted by Crippen LogP contribution is 2.22. The number of imidazole rings is 1. The van der Waals surface area contributed by atoms with Crippen LogP contribution in [0.1, 0.15) is 49.6 Å². The fourth-order valence-corrected chi connectivity index (χ4v) is 3.46. The standard InChI is InChI=1S/C22H24N8O2/c1-3-13-4-6-14(7-5-13)12(2)24-20-27-18-15(10-17-19(31)28-22(32)26-17)11-23-30(18)21(29-20)25-16-8-9-16/h4-7,10-12,16,31H,3,8-9H2,1-2H3,(H,24,25,29)(H2,26,28,32). The lowest BCUT2D eigenvalue weighted by molar-refractivity contribution is 0.454. The van der Waals surface area contributed by atoms with Crippen LogP contribution >= 0.6 is 0 Å².